The molecule has 234 valence electrons. The van der Waals surface area contributed by atoms with E-state index in [-0.39, 0.29) is 5.91 Å². The van der Waals surface area contributed by atoms with Gasteiger partial charge in [-0.3, -0.25) is 4.79 Å². The molecule has 1 aromatic heterocycles. The number of nitrogens with zero attached hydrogens (tertiary/aromatic N) is 1. The summed E-state index contributed by atoms with van der Waals surface area (Å²) in [6, 6.07) is 20.6. The third-order valence-corrected chi connectivity index (χ3v) is 8.84. The number of aliphatic hydroxyl groups is 1. The molecule has 2 fully saturated rings. The van der Waals surface area contributed by atoms with E-state index < -0.39 is 22.8 Å². The van der Waals surface area contributed by atoms with Crippen LogP contribution in [0.1, 0.15) is 78.2 Å². The largest absolute Gasteiger partial charge is 0.444 e. The SMILES string of the molecule is CNC1CCC(CC(=O)Nc2cc(-c3ccccc3)c(-c3ccc(C4(NC(=O)OC(C)(C)C)CC(C)(O)C4)cc3)cn2)CC1. The van der Waals surface area contributed by atoms with Crippen LogP contribution in [0.15, 0.2) is 66.9 Å². The minimum Gasteiger partial charge on any atom is -0.444 e. The van der Waals surface area contributed by atoms with Crippen molar-refractivity contribution in [3.05, 3.63) is 72.4 Å². The number of hydrogen-bond donors (Lipinski definition) is 4. The van der Waals surface area contributed by atoms with E-state index in [0.29, 0.717) is 37.0 Å². The molecule has 0 unspecified atom stereocenters. The van der Waals surface area contributed by atoms with Gasteiger partial charge in [-0.15, -0.1) is 0 Å². The van der Waals surface area contributed by atoms with Crippen molar-refractivity contribution in [2.45, 2.75) is 95.4 Å². The molecule has 0 atom stereocenters. The maximum Gasteiger partial charge on any atom is 0.408 e. The highest BCUT2D eigenvalue weighted by Crippen LogP contribution is 2.49. The maximum atomic E-state index is 13.0. The summed E-state index contributed by atoms with van der Waals surface area (Å²) in [5, 5.41) is 20.1. The Morgan fingerprint density at radius 1 is 0.955 bits per heavy atom. The standard InChI is InChI=1S/C36H46N4O4/c1-34(2,3)44-33(42)40-36(22-35(4,43)23-36)27-15-13-26(14-16-27)30-21-38-31(20-29(30)25-9-7-6-8-10-25)39-32(41)19-24-11-17-28(37-5)18-12-24/h6-10,13-16,20-21,24,28,37,43H,11-12,17-19,22-23H2,1-5H3,(H,40,42)(H,38,39,41). The van der Waals surface area contributed by atoms with E-state index in [1.165, 1.54) is 0 Å². The Morgan fingerprint density at radius 2 is 1.59 bits per heavy atom. The molecule has 3 aromatic rings. The van der Waals surface area contributed by atoms with Gasteiger partial charge >= 0.3 is 6.09 Å². The number of aromatic nitrogens is 1. The van der Waals surface area contributed by atoms with E-state index in [0.717, 1.165) is 53.5 Å². The number of pyridine rings is 1. The molecule has 8 nitrogen and oxygen atoms in total. The Kier molecular flexibility index (Phi) is 9.14. The Bertz CT molecular complexity index is 1450. The molecule has 8 heteroatoms. The van der Waals surface area contributed by atoms with Gasteiger partial charge in [0.2, 0.25) is 5.91 Å². The maximum absolute atomic E-state index is 13.0. The van der Waals surface area contributed by atoms with Crippen LogP contribution in [-0.2, 0) is 15.1 Å². The number of amides is 2. The predicted octanol–water partition coefficient (Wildman–Crippen LogP) is 6.79. The van der Waals surface area contributed by atoms with E-state index in [1.54, 1.807) is 6.92 Å². The summed E-state index contributed by atoms with van der Waals surface area (Å²) in [5.74, 6) is 0.939. The van der Waals surface area contributed by atoms with E-state index in [1.807, 2.05) is 82.5 Å². The van der Waals surface area contributed by atoms with Gasteiger partial charge in [-0.2, -0.15) is 0 Å². The molecule has 0 bridgehead atoms. The van der Waals surface area contributed by atoms with Crippen molar-refractivity contribution in [3.63, 3.8) is 0 Å². The van der Waals surface area contributed by atoms with Crippen molar-refractivity contribution in [1.29, 1.82) is 0 Å². The van der Waals surface area contributed by atoms with E-state index >= 15 is 0 Å². The highest BCUT2D eigenvalue weighted by molar-refractivity contribution is 5.92. The summed E-state index contributed by atoms with van der Waals surface area (Å²) >= 11 is 0. The minimum absolute atomic E-state index is 0.000638. The number of rotatable bonds is 8. The first-order valence-corrected chi connectivity index (χ1v) is 15.7. The summed E-state index contributed by atoms with van der Waals surface area (Å²) in [6.45, 7) is 7.27. The van der Waals surface area contributed by atoms with E-state index in [2.05, 4.69) is 33.1 Å². The zero-order valence-corrected chi connectivity index (χ0v) is 26.6. The number of ether oxygens (including phenoxy) is 1. The second kappa shape index (κ2) is 12.7. The Hall–Kier alpha value is -3.75. The van der Waals surface area contributed by atoms with Crippen molar-refractivity contribution in [3.8, 4) is 22.3 Å². The third-order valence-electron chi connectivity index (χ3n) is 8.84. The Balaban J connectivity index is 1.37. The summed E-state index contributed by atoms with van der Waals surface area (Å²) in [7, 11) is 2.01. The molecule has 2 aromatic carbocycles. The quantitative estimate of drug-likeness (QED) is 0.227. The summed E-state index contributed by atoms with van der Waals surface area (Å²) in [6.07, 6.45) is 6.93. The fraction of sp³-hybridized carbons (Fsp3) is 0.472. The minimum atomic E-state index is -0.871. The average molecular weight is 599 g/mol. The second-order valence-corrected chi connectivity index (χ2v) is 13.9. The summed E-state index contributed by atoms with van der Waals surface area (Å²) in [5.41, 5.74) is 2.56. The normalized spacial score (nSPS) is 25.0. The van der Waals surface area contributed by atoms with Gasteiger partial charge in [-0.05, 0) is 94.7 Å². The molecule has 44 heavy (non-hydrogen) atoms. The molecule has 4 N–H and O–H groups in total. The molecule has 2 aliphatic rings. The van der Waals surface area contributed by atoms with Crippen LogP contribution in [0.2, 0.25) is 0 Å². The molecule has 2 saturated carbocycles. The molecule has 2 amide bonds. The lowest BCUT2D eigenvalue weighted by Crippen LogP contribution is -2.62. The number of anilines is 1. The van der Waals surface area contributed by atoms with Crippen LogP contribution in [0.25, 0.3) is 22.3 Å². The van der Waals surface area contributed by atoms with E-state index in [9.17, 15) is 14.7 Å². The van der Waals surface area contributed by atoms with Gasteiger partial charge in [0, 0.05) is 37.1 Å². The highest BCUT2D eigenvalue weighted by atomic mass is 16.6. The van der Waals surface area contributed by atoms with Gasteiger partial charge in [0.1, 0.15) is 11.4 Å². The van der Waals surface area contributed by atoms with Crippen molar-refractivity contribution < 1.29 is 19.4 Å². The first-order chi connectivity index (χ1) is 20.8. The van der Waals surface area contributed by atoms with Gasteiger partial charge in [0.15, 0.2) is 0 Å². The Labute approximate surface area is 261 Å². The number of nitrogens with one attached hydrogen (secondary N) is 3. The highest BCUT2D eigenvalue weighted by Gasteiger charge is 2.53. The van der Waals surface area contributed by atoms with Crippen molar-refractivity contribution in [2.75, 3.05) is 12.4 Å². The molecule has 5 rings (SSSR count). The van der Waals surface area contributed by atoms with Gasteiger partial charge in [-0.1, -0.05) is 54.6 Å². The third kappa shape index (κ3) is 7.66. The number of benzene rings is 2. The first kappa shape index (κ1) is 31.7. The van der Waals surface area contributed by atoms with Crippen molar-refractivity contribution >= 4 is 17.8 Å². The van der Waals surface area contributed by atoms with Gasteiger partial charge in [-0.25, -0.2) is 9.78 Å². The molecule has 0 saturated heterocycles. The van der Waals surface area contributed by atoms with Crippen LogP contribution in [0.4, 0.5) is 10.6 Å². The fourth-order valence-corrected chi connectivity index (χ4v) is 6.80. The lowest BCUT2D eigenvalue weighted by molar-refractivity contribution is -0.117. The first-order valence-electron chi connectivity index (χ1n) is 15.7. The smallest absolute Gasteiger partial charge is 0.408 e. The van der Waals surface area contributed by atoms with Crippen LogP contribution < -0.4 is 16.0 Å². The fourth-order valence-electron chi connectivity index (χ4n) is 6.80. The van der Waals surface area contributed by atoms with Crippen LogP contribution in [0, 0.1) is 5.92 Å². The predicted molar refractivity (Wildman–Crippen MR) is 174 cm³/mol. The zero-order valence-electron chi connectivity index (χ0n) is 26.6. The second-order valence-electron chi connectivity index (χ2n) is 13.9. The molecular weight excluding hydrogens is 552 g/mol. The van der Waals surface area contributed by atoms with Crippen LogP contribution in [0.5, 0.6) is 0 Å². The zero-order chi connectivity index (χ0) is 31.5. The Morgan fingerprint density at radius 3 is 2.18 bits per heavy atom. The average Bonchev–Trinajstić information content (AvgIpc) is 2.96. The number of hydrogen-bond acceptors (Lipinski definition) is 6. The van der Waals surface area contributed by atoms with E-state index in [4.69, 9.17) is 4.74 Å². The van der Waals surface area contributed by atoms with Crippen LogP contribution >= 0.6 is 0 Å². The van der Waals surface area contributed by atoms with Gasteiger partial charge in [0.25, 0.3) is 0 Å². The molecule has 1 heterocycles. The van der Waals surface area contributed by atoms with Crippen LogP contribution in [-0.4, -0.2) is 46.4 Å². The molecule has 0 spiro atoms. The number of alkyl carbamates (subject to hydrolysis) is 1. The lowest BCUT2D eigenvalue weighted by Gasteiger charge is -2.52. The topological polar surface area (TPSA) is 113 Å². The van der Waals surface area contributed by atoms with Crippen molar-refractivity contribution in [1.82, 2.24) is 15.6 Å². The van der Waals surface area contributed by atoms with Crippen LogP contribution in [0.3, 0.4) is 0 Å². The number of carbonyl (C=O) groups is 2. The lowest BCUT2D eigenvalue weighted by atomic mass is 9.62. The van der Waals surface area contributed by atoms with Crippen molar-refractivity contribution in [2.24, 2.45) is 5.92 Å². The van der Waals surface area contributed by atoms with Gasteiger partial charge < -0.3 is 25.8 Å². The molecule has 0 aliphatic heterocycles. The molecule has 0 radical (unpaired) electrons. The summed E-state index contributed by atoms with van der Waals surface area (Å²) in [4.78, 5) is 30.3. The van der Waals surface area contributed by atoms with Gasteiger partial charge in [0.05, 0.1) is 11.1 Å². The molecular formula is C36H46N4O4. The number of carbonyl (C=O) groups excluding carboxylic acids is 2. The monoisotopic (exact) mass is 598 g/mol. The summed E-state index contributed by atoms with van der Waals surface area (Å²) < 4.78 is 5.53. The molecule has 2 aliphatic carbocycles.